The summed E-state index contributed by atoms with van der Waals surface area (Å²) in [6, 6.07) is 3.91. The van der Waals surface area contributed by atoms with Crippen molar-refractivity contribution in [2.45, 2.75) is 58.4 Å². The summed E-state index contributed by atoms with van der Waals surface area (Å²) in [5, 5.41) is 0. The van der Waals surface area contributed by atoms with Crippen LogP contribution < -0.4 is 10.5 Å². The average molecular weight is 250 g/mol. The van der Waals surface area contributed by atoms with Gasteiger partial charge in [0.1, 0.15) is 0 Å². The fourth-order valence-corrected chi connectivity index (χ4v) is 1.81. The van der Waals surface area contributed by atoms with E-state index in [0.29, 0.717) is 5.88 Å². The van der Waals surface area contributed by atoms with Crippen molar-refractivity contribution in [1.29, 1.82) is 0 Å². The van der Waals surface area contributed by atoms with Crippen LogP contribution in [-0.4, -0.2) is 11.6 Å². The Morgan fingerprint density at radius 3 is 2.50 bits per heavy atom. The monoisotopic (exact) mass is 250 g/mol. The maximum Gasteiger partial charge on any atom is 0.213 e. The Labute approximate surface area is 111 Å². The van der Waals surface area contributed by atoms with Crippen molar-refractivity contribution in [3.63, 3.8) is 0 Å². The molecular weight excluding hydrogens is 224 g/mol. The smallest absolute Gasteiger partial charge is 0.213 e. The molecule has 102 valence electrons. The lowest BCUT2D eigenvalue weighted by molar-refractivity contribution is 0.293. The Morgan fingerprint density at radius 1 is 1.17 bits per heavy atom. The summed E-state index contributed by atoms with van der Waals surface area (Å²) in [6.07, 6.45) is 9.46. The van der Waals surface area contributed by atoms with Gasteiger partial charge in [0.15, 0.2) is 0 Å². The summed E-state index contributed by atoms with van der Waals surface area (Å²) < 4.78 is 5.60. The minimum Gasteiger partial charge on any atom is -0.478 e. The van der Waals surface area contributed by atoms with Gasteiger partial charge in [0, 0.05) is 18.3 Å². The quantitative estimate of drug-likeness (QED) is 0.677. The first kappa shape index (κ1) is 15.0. The Morgan fingerprint density at radius 2 is 1.89 bits per heavy atom. The van der Waals surface area contributed by atoms with E-state index >= 15 is 0 Å². The molecule has 1 heterocycles. The molecule has 0 aromatic carbocycles. The Hall–Kier alpha value is -1.09. The van der Waals surface area contributed by atoms with Crippen molar-refractivity contribution < 1.29 is 4.74 Å². The van der Waals surface area contributed by atoms with E-state index in [1.165, 1.54) is 32.1 Å². The fraction of sp³-hybridized carbons (Fsp3) is 0.667. The second-order valence-corrected chi connectivity index (χ2v) is 4.83. The van der Waals surface area contributed by atoms with Crippen LogP contribution in [0.1, 0.15) is 64.0 Å². The van der Waals surface area contributed by atoms with Crippen molar-refractivity contribution in [3.05, 3.63) is 23.9 Å². The number of nitrogens with zero attached hydrogens (tertiary/aromatic N) is 1. The van der Waals surface area contributed by atoms with E-state index in [1.807, 2.05) is 19.1 Å². The van der Waals surface area contributed by atoms with Crippen LogP contribution in [-0.2, 0) is 0 Å². The maximum atomic E-state index is 5.76. The molecule has 0 aliphatic rings. The lowest BCUT2D eigenvalue weighted by atomic mass is 10.1. The highest BCUT2D eigenvalue weighted by Crippen LogP contribution is 2.13. The number of ether oxygens (including phenoxy) is 1. The maximum absolute atomic E-state index is 5.76. The molecule has 3 nitrogen and oxygen atoms in total. The van der Waals surface area contributed by atoms with Crippen LogP contribution in [0.2, 0.25) is 0 Å². The van der Waals surface area contributed by atoms with Crippen LogP contribution in [0.3, 0.4) is 0 Å². The third kappa shape index (κ3) is 6.01. The highest BCUT2D eigenvalue weighted by molar-refractivity contribution is 5.19. The van der Waals surface area contributed by atoms with Gasteiger partial charge in [-0.2, -0.15) is 0 Å². The SMILES string of the molecule is CCCCCCCCOc1ccc(C(C)N)cn1. The van der Waals surface area contributed by atoms with Crippen LogP contribution in [0.15, 0.2) is 18.3 Å². The highest BCUT2D eigenvalue weighted by Gasteiger charge is 2.00. The van der Waals surface area contributed by atoms with Gasteiger partial charge in [-0.15, -0.1) is 0 Å². The summed E-state index contributed by atoms with van der Waals surface area (Å²) in [6.45, 7) is 4.95. The third-order valence-electron chi connectivity index (χ3n) is 3.03. The van der Waals surface area contributed by atoms with E-state index in [1.54, 1.807) is 6.20 Å². The van der Waals surface area contributed by atoms with Gasteiger partial charge in [0.05, 0.1) is 6.61 Å². The lowest BCUT2D eigenvalue weighted by Gasteiger charge is -2.07. The zero-order valence-corrected chi connectivity index (χ0v) is 11.7. The first-order valence-corrected chi connectivity index (χ1v) is 7.08. The predicted molar refractivity (Wildman–Crippen MR) is 75.7 cm³/mol. The molecule has 0 amide bonds. The molecule has 0 aliphatic heterocycles. The van der Waals surface area contributed by atoms with E-state index in [-0.39, 0.29) is 6.04 Å². The van der Waals surface area contributed by atoms with Crippen LogP contribution in [0, 0.1) is 0 Å². The van der Waals surface area contributed by atoms with Gasteiger partial charge >= 0.3 is 0 Å². The highest BCUT2D eigenvalue weighted by atomic mass is 16.5. The van der Waals surface area contributed by atoms with Gasteiger partial charge in [-0.3, -0.25) is 0 Å². The molecule has 0 fully saturated rings. The Kier molecular flexibility index (Phi) is 7.42. The van der Waals surface area contributed by atoms with E-state index < -0.39 is 0 Å². The van der Waals surface area contributed by atoms with Gasteiger partial charge in [-0.05, 0) is 18.9 Å². The van der Waals surface area contributed by atoms with Crippen LogP contribution in [0.5, 0.6) is 5.88 Å². The number of rotatable bonds is 9. The Balaban J connectivity index is 2.12. The molecule has 1 unspecified atom stereocenters. The largest absolute Gasteiger partial charge is 0.478 e. The Bertz CT molecular complexity index is 309. The molecule has 18 heavy (non-hydrogen) atoms. The second-order valence-electron chi connectivity index (χ2n) is 4.83. The van der Waals surface area contributed by atoms with E-state index in [9.17, 15) is 0 Å². The van der Waals surface area contributed by atoms with Crippen LogP contribution in [0.25, 0.3) is 0 Å². The molecule has 0 aliphatic carbocycles. The molecule has 0 spiro atoms. The zero-order chi connectivity index (χ0) is 13.2. The number of aromatic nitrogens is 1. The van der Waals surface area contributed by atoms with E-state index in [2.05, 4.69) is 11.9 Å². The number of hydrogen-bond acceptors (Lipinski definition) is 3. The number of nitrogens with two attached hydrogens (primary N) is 1. The topological polar surface area (TPSA) is 48.1 Å². The summed E-state index contributed by atoms with van der Waals surface area (Å²) in [5.41, 5.74) is 6.81. The summed E-state index contributed by atoms with van der Waals surface area (Å²) in [7, 11) is 0. The summed E-state index contributed by atoms with van der Waals surface area (Å²) in [4.78, 5) is 4.24. The summed E-state index contributed by atoms with van der Waals surface area (Å²) in [5.74, 6) is 0.702. The normalized spacial score (nSPS) is 12.4. The number of pyridine rings is 1. The molecular formula is C15H26N2O. The number of hydrogen-bond donors (Lipinski definition) is 1. The van der Waals surface area contributed by atoms with Crippen LogP contribution >= 0.6 is 0 Å². The van der Waals surface area contributed by atoms with Crippen LogP contribution in [0.4, 0.5) is 0 Å². The zero-order valence-electron chi connectivity index (χ0n) is 11.7. The van der Waals surface area contributed by atoms with E-state index in [4.69, 9.17) is 10.5 Å². The summed E-state index contributed by atoms with van der Waals surface area (Å²) >= 11 is 0. The molecule has 0 radical (unpaired) electrons. The van der Waals surface area contributed by atoms with Crippen molar-refractivity contribution in [3.8, 4) is 5.88 Å². The van der Waals surface area contributed by atoms with Gasteiger partial charge < -0.3 is 10.5 Å². The third-order valence-corrected chi connectivity index (χ3v) is 3.03. The number of unbranched alkanes of at least 4 members (excludes halogenated alkanes) is 5. The molecule has 1 aromatic heterocycles. The average Bonchev–Trinajstić information content (AvgIpc) is 2.38. The molecule has 3 heteroatoms. The van der Waals surface area contributed by atoms with Gasteiger partial charge in [0.25, 0.3) is 0 Å². The second kappa shape index (κ2) is 8.92. The molecule has 2 N–H and O–H groups in total. The molecule has 0 saturated heterocycles. The van der Waals surface area contributed by atoms with Crippen molar-refractivity contribution in [1.82, 2.24) is 4.98 Å². The minimum atomic E-state index is 0.0325. The minimum absolute atomic E-state index is 0.0325. The molecule has 1 rings (SSSR count). The predicted octanol–water partition coefficient (Wildman–Crippen LogP) is 3.84. The first-order valence-electron chi connectivity index (χ1n) is 7.08. The van der Waals surface area contributed by atoms with Gasteiger partial charge in [-0.1, -0.05) is 45.1 Å². The molecule has 0 saturated carbocycles. The van der Waals surface area contributed by atoms with Crippen molar-refractivity contribution >= 4 is 0 Å². The fourth-order valence-electron chi connectivity index (χ4n) is 1.81. The van der Waals surface area contributed by atoms with Crippen molar-refractivity contribution in [2.75, 3.05) is 6.61 Å². The molecule has 1 atom stereocenters. The van der Waals surface area contributed by atoms with Gasteiger partial charge in [0.2, 0.25) is 5.88 Å². The van der Waals surface area contributed by atoms with E-state index in [0.717, 1.165) is 18.6 Å². The lowest BCUT2D eigenvalue weighted by Crippen LogP contribution is -2.06. The van der Waals surface area contributed by atoms with Crippen molar-refractivity contribution in [2.24, 2.45) is 5.73 Å². The standard InChI is InChI=1S/C15H26N2O/c1-3-4-5-6-7-8-11-18-15-10-9-14(12-17-15)13(2)16/h9-10,12-13H,3-8,11,16H2,1-2H3. The first-order chi connectivity index (χ1) is 8.74. The molecule has 0 bridgehead atoms. The van der Waals surface area contributed by atoms with Gasteiger partial charge in [-0.25, -0.2) is 4.98 Å². The molecule has 1 aromatic rings.